The third-order valence-electron chi connectivity index (χ3n) is 3.34. The second-order valence-corrected chi connectivity index (χ2v) is 7.18. The number of nitriles is 1. The van der Waals surface area contributed by atoms with Gasteiger partial charge >= 0.3 is 0 Å². The van der Waals surface area contributed by atoms with E-state index in [-0.39, 0.29) is 5.41 Å². The predicted molar refractivity (Wildman–Crippen MR) is 89.9 cm³/mol. The molecule has 2 rings (SSSR count). The van der Waals surface area contributed by atoms with Crippen molar-refractivity contribution in [2.45, 2.75) is 44.2 Å². The highest BCUT2D eigenvalue weighted by Crippen LogP contribution is 2.26. The van der Waals surface area contributed by atoms with E-state index in [0.717, 1.165) is 17.7 Å². The zero-order chi connectivity index (χ0) is 16.2. The van der Waals surface area contributed by atoms with Gasteiger partial charge in [-0.2, -0.15) is 5.26 Å². The van der Waals surface area contributed by atoms with Crippen LogP contribution in [0.15, 0.2) is 29.4 Å². The summed E-state index contributed by atoms with van der Waals surface area (Å²) in [4.78, 5) is 0. The van der Waals surface area contributed by atoms with Crippen LogP contribution in [0.2, 0.25) is 0 Å². The van der Waals surface area contributed by atoms with E-state index in [2.05, 4.69) is 49.2 Å². The molecule has 0 aliphatic carbocycles. The summed E-state index contributed by atoms with van der Waals surface area (Å²) in [6.45, 7) is 6.55. The van der Waals surface area contributed by atoms with Gasteiger partial charge < -0.3 is 5.84 Å². The molecule has 0 saturated carbocycles. The fourth-order valence-electron chi connectivity index (χ4n) is 2.01. The number of rotatable bonds is 5. The average molecular weight is 315 g/mol. The number of aromatic nitrogens is 3. The third-order valence-corrected chi connectivity index (χ3v) is 4.37. The zero-order valence-electron chi connectivity index (χ0n) is 13.2. The van der Waals surface area contributed by atoms with Gasteiger partial charge in [-0.15, -0.1) is 10.2 Å². The lowest BCUT2D eigenvalue weighted by Gasteiger charge is -2.19. The first kappa shape index (κ1) is 16.4. The minimum Gasteiger partial charge on any atom is -0.335 e. The van der Waals surface area contributed by atoms with Crippen molar-refractivity contribution in [3.63, 3.8) is 0 Å². The third kappa shape index (κ3) is 3.80. The minimum atomic E-state index is 0.122. The van der Waals surface area contributed by atoms with Crippen LogP contribution in [0.1, 0.15) is 39.2 Å². The van der Waals surface area contributed by atoms with Crippen molar-refractivity contribution in [2.75, 3.05) is 11.6 Å². The molecule has 116 valence electrons. The molecule has 6 heteroatoms. The van der Waals surface area contributed by atoms with Gasteiger partial charge in [0.2, 0.25) is 5.16 Å². The Bertz CT molecular complexity index is 661. The normalized spacial score (nSPS) is 11.4. The molecule has 0 atom stereocenters. The Hall–Kier alpha value is -2.00. The van der Waals surface area contributed by atoms with Gasteiger partial charge in [0.1, 0.15) is 0 Å². The van der Waals surface area contributed by atoms with Crippen LogP contribution in [0.5, 0.6) is 0 Å². The molecule has 0 amide bonds. The molecule has 0 bridgehead atoms. The number of nitrogen functional groups attached to an aromatic ring is 1. The summed E-state index contributed by atoms with van der Waals surface area (Å²) >= 11 is 1.52. The number of hydrogen-bond acceptors (Lipinski definition) is 5. The molecule has 2 aromatic rings. The van der Waals surface area contributed by atoms with Gasteiger partial charge in [-0.05, 0) is 17.4 Å². The monoisotopic (exact) mass is 315 g/mol. The molecule has 1 aromatic heterocycles. The molecule has 1 aromatic carbocycles. The second-order valence-electron chi connectivity index (χ2n) is 6.11. The summed E-state index contributed by atoms with van der Waals surface area (Å²) in [5, 5.41) is 17.5. The summed E-state index contributed by atoms with van der Waals surface area (Å²) in [6.07, 6.45) is 1.37. The molecular weight excluding hydrogens is 294 g/mol. The molecule has 2 N–H and O–H groups in total. The Morgan fingerprint density at radius 2 is 1.91 bits per heavy atom. The Labute approximate surface area is 135 Å². The molecule has 0 aliphatic heterocycles. The quantitative estimate of drug-likeness (QED) is 0.520. The minimum absolute atomic E-state index is 0.122. The lowest BCUT2D eigenvalue weighted by atomic mass is 9.87. The molecule has 5 nitrogen and oxygen atoms in total. The van der Waals surface area contributed by atoms with Gasteiger partial charge in [0, 0.05) is 17.7 Å². The first-order valence-corrected chi connectivity index (χ1v) is 8.23. The summed E-state index contributed by atoms with van der Waals surface area (Å²) < 4.78 is 1.52. The van der Waals surface area contributed by atoms with Gasteiger partial charge in [0.15, 0.2) is 5.82 Å². The highest BCUT2D eigenvalue weighted by atomic mass is 32.2. The summed E-state index contributed by atoms with van der Waals surface area (Å²) in [7, 11) is 0. The highest BCUT2D eigenvalue weighted by Gasteiger charge is 2.15. The van der Waals surface area contributed by atoms with Crippen LogP contribution in [0.3, 0.4) is 0 Å². The van der Waals surface area contributed by atoms with Gasteiger partial charge in [0.25, 0.3) is 0 Å². The summed E-state index contributed by atoms with van der Waals surface area (Å²) in [5.74, 6) is 7.55. The van der Waals surface area contributed by atoms with Crippen molar-refractivity contribution in [1.29, 1.82) is 5.26 Å². The largest absolute Gasteiger partial charge is 0.335 e. The lowest BCUT2D eigenvalue weighted by Crippen LogP contribution is -2.12. The van der Waals surface area contributed by atoms with E-state index >= 15 is 0 Å². The first-order chi connectivity index (χ1) is 10.4. The molecule has 0 spiro atoms. The highest BCUT2D eigenvalue weighted by molar-refractivity contribution is 7.99. The van der Waals surface area contributed by atoms with Crippen molar-refractivity contribution in [3.8, 4) is 17.5 Å². The topological polar surface area (TPSA) is 80.5 Å². The van der Waals surface area contributed by atoms with Crippen LogP contribution in [-0.4, -0.2) is 20.6 Å². The van der Waals surface area contributed by atoms with E-state index < -0.39 is 0 Å². The molecule has 0 radical (unpaired) electrons. The van der Waals surface area contributed by atoms with Crippen molar-refractivity contribution < 1.29 is 0 Å². The molecule has 0 aliphatic rings. The molecule has 22 heavy (non-hydrogen) atoms. The first-order valence-electron chi connectivity index (χ1n) is 7.24. The van der Waals surface area contributed by atoms with Gasteiger partial charge in [0.05, 0.1) is 6.07 Å². The van der Waals surface area contributed by atoms with Crippen molar-refractivity contribution in [3.05, 3.63) is 29.8 Å². The maximum absolute atomic E-state index is 8.53. The smallest absolute Gasteiger partial charge is 0.210 e. The number of thioether (sulfide) groups is 1. The Balaban J connectivity index is 2.13. The standard InChI is InChI=1S/C16H21N5S/c1-16(2,3)13-8-6-12(7-9-13)14-19-20-15(21(14)18)22-11-5-4-10-17/h6-9H,4-5,11,18H2,1-3H3. The lowest BCUT2D eigenvalue weighted by molar-refractivity contribution is 0.590. The molecule has 0 unspecified atom stereocenters. The molecule has 0 saturated heterocycles. The fourth-order valence-corrected chi connectivity index (χ4v) is 2.80. The number of nitrogens with zero attached hydrogens (tertiary/aromatic N) is 4. The van der Waals surface area contributed by atoms with Crippen LogP contribution in [0.25, 0.3) is 11.4 Å². The van der Waals surface area contributed by atoms with Crippen LogP contribution in [0.4, 0.5) is 0 Å². The van der Waals surface area contributed by atoms with Crippen LogP contribution >= 0.6 is 11.8 Å². The van der Waals surface area contributed by atoms with E-state index in [1.165, 1.54) is 22.0 Å². The number of hydrogen-bond donors (Lipinski definition) is 1. The molecule has 0 fully saturated rings. The van der Waals surface area contributed by atoms with Gasteiger partial charge in [-0.1, -0.05) is 56.8 Å². The Kier molecular flexibility index (Phi) is 5.09. The average Bonchev–Trinajstić information content (AvgIpc) is 2.84. The number of nitrogens with two attached hydrogens (primary N) is 1. The van der Waals surface area contributed by atoms with Crippen LogP contribution < -0.4 is 5.84 Å². The van der Waals surface area contributed by atoms with Crippen LogP contribution in [-0.2, 0) is 5.41 Å². The van der Waals surface area contributed by atoms with E-state index in [9.17, 15) is 0 Å². The maximum Gasteiger partial charge on any atom is 0.210 e. The van der Waals surface area contributed by atoms with E-state index in [0.29, 0.717) is 17.4 Å². The zero-order valence-corrected chi connectivity index (χ0v) is 14.0. The van der Waals surface area contributed by atoms with Crippen LogP contribution in [0, 0.1) is 11.3 Å². The molecular formula is C16H21N5S. The number of benzene rings is 1. The summed E-state index contributed by atoms with van der Waals surface area (Å²) in [6, 6.07) is 10.4. The van der Waals surface area contributed by atoms with E-state index in [4.69, 9.17) is 11.1 Å². The predicted octanol–water partition coefficient (Wildman–Crippen LogP) is 3.35. The Morgan fingerprint density at radius 3 is 2.50 bits per heavy atom. The van der Waals surface area contributed by atoms with E-state index in [1.54, 1.807) is 0 Å². The molecule has 1 heterocycles. The van der Waals surface area contributed by atoms with Crippen molar-refractivity contribution >= 4 is 11.8 Å². The summed E-state index contributed by atoms with van der Waals surface area (Å²) in [5.41, 5.74) is 2.34. The van der Waals surface area contributed by atoms with E-state index in [1.807, 2.05) is 12.1 Å². The van der Waals surface area contributed by atoms with Gasteiger partial charge in [-0.25, -0.2) is 4.68 Å². The maximum atomic E-state index is 8.53. The fraction of sp³-hybridized carbons (Fsp3) is 0.438. The van der Waals surface area contributed by atoms with Gasteiger partial charge in [-0.3, -0.25) is 0 Å². The van der Waals surface area contributed by atoms with Crippen molar-refractivity contribution in [2.24, 2.45) is 0 Å². The number of unbranched alkanes of at least 4 members (excludes halogenated alkanes) is 1. The second kappa shape index (κ2) is 6.84. The SMILES string of the molecule is CC(C)(C)c1ccc(-c2nnc(SCCCC#N)n2N)cc1. The Morgan fingerprint density at radius 1 is 1.23 bits per heavy atom. The van der Waals surface area contributed by atoms with Crippen molar-refractivity contribution in [1.82, 2.24) is 14.9 Å².